The largest absolute Gasteiger partial charge is 0.305 e. The third-order valence-corrected chi connectivity index (χ3v) is 3.60. The highest BCUT2D eigenvalue weighted by molar-refractivity contribution is 5.74. The molecule has 0 atom stereocenters. The van der Waals surface area contributed by atoms with Crippen molar-refractivity contribution in [1.82, 2.24) is 15.2 Å². The van der Waals surface area contributed by atoms with Crippen molar-refractivity contribution in [2.24, 2.45) is 5.84 Å². The number of carbonyl (C=O) groups excluding carboxylic acids is 1. The lowest BCUT2D eigenvalue weighted by Crippen LogP contribution is -2.32. The first-order valence-corrected chi connectivity index (χ1v) is 7.12. The van der Waals surface area contributed by atoms with E-state index in [0.29, 0.717) is 6.42 Å². The zero-order valence-corrected chi connectivity index (χ0v) is 11.7. The van der Waals surface area contributed by atoms with E-state index < -0.39 is 0 Å². The van der Waals surface area contributed by atoms with Crippen LogP contribution in [0.5, 0.6) is 0 Å². The quantitative estimate of drug-likeness (QED) is 0.274. The highest BCUT2D eigenvalue weighted by atomic mass is 16.2. The van der Waals surface area contributed by atoms with Crippen molar-refractivity contribution in [2.75, 3.05) is 39.8 Å². The summed E-state index contributed by atoms with van der Waals surface area (Å²) in [5.41, 5.74) is 2.16. The molecule has 106 valence electrons. The minimum atomic E-state index is -0.0580. The smallest absolute Gasteiger partial charge is 0.233 e. The number of likely N-dealkylation sites (tertiary alicyclic amines) is 1. The van der Waals surface area contributed by atoms with Crippen molar-refractivity contribution in [3.63, 3.8) is 0 Å². The molecule has 0 saturated carbocycles. The van der Waals surface area contributed by atoms with Gasteiger partial charge in [0, 0.05) is 19.5 Å². The summed E-state index contributed by atoms with van der Waals surface area (Å²) in [6.07, 6.45) is 6.48. The molecule has 1 amide bonds. The number of likely N-dealkylation sites (N-methyl/N-ethyl adjacent to an activating group) is 1. The Morgan fingerprint density at radius 1 is 1.22 bits per heavy atom. The van der Waals surface area contributed by atoms with Crippen LogP contribution in [0, 0.1) is 0 Å². The Morgan fingerprint density at radius 2 is 1.94 bits per heavy atom. The molecule has 1 aliphatic heterocycles. The first kappa shape index (κ1) is 15.4. The minimum absolute atomic E-state index is 0.0580. The van der Waals surface area contributed by atoms with Crippen molar-refractivity contribution in [2.45, 2.75) is 38.5 Å². The number of hydrogen-bond acceptors (Lipinski definition) is 4. The number of rotatable bonds is 9. The Morgan fingerprint density at radius 3 is 2.61 bits per heavy atom. The molecule has 1 rings (SSSR count). The average molecular weight is 256 g/mol. The summed E-state index contributed by atoms with van der Waals surface area (Å²) in [6, 6.07) is 0. The molecule has 0 aliphatic carbocycles. The van der Waals surface area contributed by atoms with Gasteiger partial charge in [0.2, 0.25) is 5.91 Å². The maximum Gasteiger partial charge on any atom is 0.233 e. The van der Waals surface area contributed by atoms with E-state index in [1.54, 1.807) is 0 Å². The summed E-state index contributed by atoms with van der Waals surface area (Å²) in [7, 11) is 2.18. The summed E-state index contributed by atoms with van der Waals surface area (Å²) >= 11 is 0. The number of unbranched alkanes of at least 4 members (excludes halogenated alkanes) is 2. The van der Waals surface area contributed by atoms with E-state index >= 15 is 0 Å². The number of amides is 1. The standard InChI is InChI=1S/C13H28N4O/c1-16(11-12-17-9-5-6-10-17)8-4-2-3-7-13(18)15-14/h2-12,14H2,1H3,(H,15,18). The molecule has 1 heterocycles. The van der Waals surface area contributed by atoms with Gasteiger partial charge in [0.25, 0.3) is 0 Å². The van der Waals surface area contributed by atoms with Crippen molar-refractivity contribution in [3.05, 3.63) is 0 Å². The highest BCUT2D eigenvalue weighted by Crippen LogP contribution is 2.07. The monoisotopic (exact) mass is 256 g/mol. The van der Waals surface area contributed by atoms with Crippen LogP contribution in [-0.2, 0) is 4.79 Å². The number of hydrazine groups is 1. The van der Waals surface area contributed by atoms with Crippen LogP contribution in [0.25, 0.3) is 0 Å². The number of hydrogen-bond donors (Lipinski definition) is 2. The predicted octanol–water partition coefficient (Wildman–Crippen LogP) is 0.564. The topological polar surface area (TPSA) is 61.6 Å². The van der Waals surface area contributed by atoms with Gasteiger partial charge in [-0.1, -0.05) is 6.42 Å². The molecule has 3 N–H and O–H groups in total. The van der Waals surface area contributed by atoms with Crippen LogP contribution in [0.15, 0.2) is 0 Å². The fourth-order valence-corrected chi connectivity index (χ4v) is 2.35. The van der Waals surface area contributed by atoms with E-state index in [4.69, 9.17) is 5.84 Å². The lowest BCUT2D eigenvalue weighted by molar-refractivity contribution is -0.121. The van der Waals surface area contributed by atoms with Gasteiger partial charge in [-0.3, -0.25) is 10.2 Å². The highest BCUT2D eigenvalue weighted by Gasteiger charge is 2.11. The fourth-order valence-electron chi connectivity index (χ4n) is 2.35. The Balaban J connectivity index is 1.89. The molecule has 5 nitrogen and oxygen atoms in total. The molecule has 0 aromatic rings. The van der Waals surface area contributed by atoms with E-state index in [1.165, 1.54) is 32.5 Å². The zero-order valence-electron chi connectivity index (χ0n) is 11.7. The van der Waals surface area contributed by atoms with Gasteiger partial charge < -0.3 is 9.80 Å². The van der Waals surface area contributed by atoms with Gasteiger partial charge in [0.1, 0.15) is 0 Å². The zero-order chi connectivity index (χ0) is 13.2. The summed E-state index contributed by atoms with van der Waals surface area (Å²) in [5.74, 6) is 4.96. The number of nitrogens with zero attached hydrogens (tertiary/aromatic N) is 2. The first-order valence-electron chi connectivity index (χ1n) is 7.12. The van der Waals surface area contributed by atoms with Gasteiger partial charge in [-0.25, -0.2) is 5.84 Å². The summed E-state index contributed by atoms with van der Waals surface area (Å²) in [5, 5.41) is 0. The second-order valence-electron chi connectivity index (χ2n) is 5.23. The van der Waals surface area contributed by atoms with Gasteiger partial charge in [-0.2, -0.15) is 0 Å². The van der Waals surface area contributed by atoms with Crippen LogP contribution in [-0.4, -0.2) is 55.5 Å². The van der Waals surface area contributed by atoms with E-state index in [-0.39, 0.29) is 5.91 Å². The maximum atomic E-state index is 10.9. The molecule has 0 aromatic heterocycles. The Kier molecular flexibility index (Phi) is 7.96. The molecular formula is C13H28N4O. The Bertz CT molecular complexity index is 229. The van der Waals surface area contributed by atoms with Gasteiger partial charge in [0.05, 0.1) is 0 Å². The Hall–Kier alpha value is -0.650. The van der Waals surface area contributed by atoms with E-state index in [2.05, 4.69) is 22.3 Å². The third kappa shape index (κ3) is 6.93. The third-order valence-electron chi connectivity index (χ3n) is 3.60. The molecule has 0 aromatic carbocycles. The van der Waals surface area contributed by atoms with Crippen molar-refractivity contribution in [3.8, 4) is 0 Å². The number of carbonyl (C=O) groups is 1. The van der Waals surface area contributed by atoms with Gasteiger partial charge in [-0.15, -0.1) is 0 Å². The predicted molar refractivity (Wildman–Crippen MR) is 74.0 cm³/mol. The first-order chi connectivity index (χ1) is 8.72. The molecule has 0 spiro atoms. The van der Waals surface area contributed by atoms with Crippen LogP contribution < -0.4 is 11.3 Å². The van der Waals surface area contributed by atoms with Crippen molar-refractivity contribution >= 4 is 5.91 Å². The molecule has 5 heteroatoms. The lowest BCUT2D eigenvalue weighted by atomic mass is 10.2. The molecule has 18 heavy (non-hydrogen) atoms. The average Bonchev–Trinajstić information content (AvgIpc) is 2.88. The summed E-state index contributed by atoms with van der Waals surface area (Å²) in [6.45, 7) is 6.04. The second kappa shape index (κ2) is 9.30. The molecule has 1 saturated heterocycles. The molecule has 0 unspecified atom stereocenters. The van der Waals surface area contributed by atoms with E-state index in [9.17, 15) is 4.79 Å². The summed E-state index contributed by atoms with van der Waals surface area (Å²) in [4.78, 5) is 15.8. The summed E-state index contributed by atoms with van der Waals surface area (Å²) < 4.78 is 0. The number of nitrogens with two attached hydrogens (primary N) is 1. The fraction of sp³-hybridized carbons (Fsp3) is 0.923. The van der Waals surface area contributed by atoms with E-state index in [1.807, 2.05) is 0 Å². The van der Waals surface area contributed by atoms with E-state index in [0.717, 1.165) is 32.4 Å². The molecule has 1 aliphatic rings. The second-order valence-corrected chi connectivity index (χ2v) is 5.23. The van der Waals surface area contributed by atoms with Crippen LogP contribution in [0.4, 0.5) is 0 Å². The maximum absolute atomic E-state index is 10.9. The van der Waals surface area contributed by atoms with Crippen LogP contribution in [0.2, 0.25) is 0 Å². The van der Waals surface area contributed by atoms with Gasteiger partial charge in [0.15, 0.2) is 0 Å². The lowest BCUT2D eigenvalue weighted by Gasteiger charge is -2.21. The van der Waals surface area contributed by atoms with Gasteiger partial charge >= 0.3 is 0 Å². The SMILES string of the molecule is CN(CCCCCC(=O)NN)CCN1CCCC1. The van der Waals surface area contributed by atoms with Crippen molar-refractivity contribution in [1.29, 1.82) is 0 Å². The Labute approximate surface area is 111 Å². The van der Waals surface area contributed by atoms with Crippen LogP contribution in [0.1, 0.15) is 38.5 Å². The minimum Gasteiger partial charge on any atom is -0.305 e. The van der Waals surface area contributed by atoms with Crippen molar-refractivity contribution < 1.29 is 4.79 Å². The van der Waals surface area contributed by atoms with Gasteiger partial charge in [-0.05, 0) is 52.4 Å². The number of nitrogens with one attached hydrogen (secondary N) is 1. The molecule has 1 fully saturated rings. The molecule has 0 radical (unpaired) electrons. The normalized spacial score (nSPS) is 16.4. The van der Waals surface area contributed by atoms with Crippen LogP contribution >= 0.6 is 0 Å². The van der Waals surface area contributed by atoms with Crippen LogP contribution in [0.3, 0.4) is 0 Å². The molecule has 0 bridgehead atoms. The molecular weight excluding hydrogens is 228 g/mol.